The summed E-state index contributed by atoms with van der Waals surface area (Å²) < 4.78 is 22.3. The molecule has 6 nitrogen and oxygen atoms in total. The molecule has 0 bridgehead atoms. The number of primary sulfonamides is 1. The van der Waals surface area contributed by atoms with E-state index in [0.717, 1.165) is 18.5 Å². The summed E-state index contributed by atoms with van der Waals surface area (Å²) in [5, 5.41) is 13.8. The fourth-order valence-corrected chi connectivity index (χ4v) is 2.47. The summed E-state index contributed by atoms with van der Waals surface area (Å²) in [5.74, 6) is -0.841. The number of sulfonamides is 1. The number of carboxylic acid groups (broad SMARTS) is 1. The van der Waals surface area contributed by atoms with E-state index in [-0.39, 0.29) is 11.3 Å². The molecule has 0 spiro atoms. The quantitative estimate of drug-likeness (QED) is 0.804. The van der Waals surface area contributed by atoms with Gasteiger partial charge in [-0.15, -0.1) is 0 Å². The SMILES string of the molecule is NS(=O)(=O)c1ccc(N(CCC(=O)O)C2CC2)cc1. The summed E-state index contributed by atoms with van der Waals surface area (Å²) >= 11 is 0. The van der Waals surface area contributed by atoms with Crippen molar-refractivity contribution in [2.75, 3.05) is 11.4 Å². The molecule has 1 aromatic carbocycles. The second-order valence-electron chi connectivity index (χ2n) is 4.61. The molecule has 1 aliphatic carbocycles. The Labute approximate surface area is 111 Å². The van der Waals surface area contributed by atoms with Crippen LogP contribution in [0.5, 0.6) is 0 Å². The number of benzene rings is 1. The molecule has 0 saturated heterocycles. The number of aliphatic carboxylic acids is 1. The van der Waals surface area contributed by atoms with Crippen LogP contribution < -0.4 is 10.0 Å². The van der Waals surface area contributed by atoms with Gasteiger partial charge in [-0.1, -0.05) is 0 Å². The first-order valence-electron chi connectivity index (χ1n) is 5.99. The number of carboxylic acids is 1. The number of hydrogen-bond donors (Lipinski definition) is 2. The number of carbonyl (C=O) groups is 1. The third-order valence-electron chi connectivity index (χ3n) is 3.05. The van der Waals surface area contributed by atoms with Crippen LogP contribution in [-0.4, -0.2) is 32.1 Å². The number of anilines is 1. The molecular formula is C12H16N2O4S. The minimum absolute atomic E-state index is 0.0604. The zero-order valence-corrected chi connectivity index (χ0v) is 11.1. The molecule has 1 aromatic rings. The lowest BCUT2D eigenvalue weighted by Gasteiger charge is -2.24. The third kappa shape index (κ3) is 3.68. The molecule has 19 heavy (non-hydrogen) atoms. The van der Waals surface area contributed by atoms with Crippen molar-refractivity contribution in [3.8, 4) is 0 Å². The summed E-state index contributed by atoms with van der Waals surface area (Å²) in [6.45, 7) is 0.425. The van der Waals surface area contributed by atoms with E-state index in [2.05, 4.69) is 0 Å². The maximum atomic E-state index is 11.2. The Morgan fingerprint density at radius 3 is 2.32 bits per heavy atom. The van der Waals surface area contributed by atoms with Gasteiger partial charge in [-0.3, -0.25) is 4.79 Å². The molecular weight excluding hydrogens is 268 g/mol. The summed E-state index contributed by atoms with van der Waals surface area (Å²) in [6, 6.07) is 6.58. The average molecular weight is 284 g/mol. The van der Waals surface area contributed by atoms with Gasteiger partial charge in [-0.2, -0.15) is 0 Å². The fourth-order valence-electron chi connectivity index (χ4n) is 1.95. The highest BCUT2D eigenvalue weighted by Gasteiger charge is 2.29. The number of hydrogen-bond acceptors (Lipinski definition) is 4. The van der Waals surface area contributed by atoms with Crippen LogP contribution in [0, 0.1) is 0 Å². The maximum Gasteiger partial charge on any atom is 0.305 e. The molecule has 0 heterocycles. The van der Waals surface area contributed by atoms with Gasteiger partial charge in [0.1, 0.15) is 0 Å². The molecule has 0 radical (unpaired) electrons. The Bertz CT molecular complexity index is 564. The van der Waals surface area contributed by atoms with Gasteiger partial charge in [0.25, 0.3) is 0 Å². The predicted octanol–water partition coefficient (Wildman–Crippen LogP) is 0.777. The highest BCUT2D eigenvalue weighted by Crippen LogP contribution is 2.32. The van der Waals surface area contributed by atoms with Crippen molar-refractivity contribution in [1.82, 2.24) is 0 Å². The van der Waals surface area contributed by atoms with E-state index in [1.807, 2.05) is 4.90 Å². The van der Waals surface area contributed by atoms with Crippen molar-refractivity contribution in [2.24, 2.45) is 5.14 Å². The Morgan fingerprint density at radius 1 is 1.32 bits per heavy atom. The molecule has 104 valence electrons. The topological polar surface area (TPSA) is 101 Å². The second kappa shape index (κ2) is 5.18. The van der Waals surface area contributed by atoms with Gasteiger partial charge < -0.3 is 10.0 Å². The Kier molecular flexibility index (Phi) is 3.77. The first kappa shape index (κ1) is 13.8. The van der Waals surface area contributed by atoms with Crippen LogP contribution in [-0.2, 0) is 14.8 Å². The van der Waals surface area contributed by atoms with Crippen LogP contribution in [0.2, 0.25) is 0 Å². The number of nitrogens with zero attached hydrogens (tertiary/aromatic N) is 1. The van der Waals surface area contributed by atoms with E-state index >= 15 is 0 Å². The molecule has 0 amide bonds. The molecule has 3 N–H and O–H groups in total. The van der Waals surface area contributed by atoms with Gasteiger partial charge in [0.2, 0.25) is 10.0 Å². The van der Waals surface area contributed by atoms with Crippen molar-refractivity contribution in [3.63, 3.8) is 0 Å². The van der Waals surface area contributed by atoms with Crippen molar-refractivity contribution < 1.29 is 18.3 Å². The van der Waals surface area contributed by atoms with Gasteiger partial charge in [-0.25, -0.2) is 13.6 Å². The first-order valence-corrected chi connectivity index (χ1v) is 7.54. The highest BCUT2D eigenvalue weighted by atomic mass is 32.2. The average Bonchev–Trinajstić information content (AvgIpc) is 3.13. The minimum Gasteiger partial charge on any atom is -0.481 e. The molecule has 0 aliphatic heterocycles. The molecule has 7 heteroatoms. The van der Waals surface area contributed by atoms with Gasteiger partial charge in [-0.05, 0) is 37.1 Å². The van der Waals surface area contributed by atoms with Gasteiger partial charge >= 0.3 is 5.97 Å². The Hall–Kier alpha value is -1.60. The van der Waals surface area contributed by atoms with Crippen LogP contribution in [0.15, 0.2) is 29.2 Å². The van der Waals surface area contributed by atoms with Gasteiger partial charge in [0.15, 0.2) is 0 Å². The van der Waals surface area contributed by atoms with Crippen LogP contribution in [0.3, 0.4) is 0 Å². The fraction of sp³-hybridized carbons (Fsp3) is 0.417. The van der Waals surface area contributed by atoms with Gasteiger partial charge in [0.05, 0.1) is 11.3 Å². The molecule has 2 rings (SSSR count). The number of rotatable bonds is 6. The molecule has 1 saturated carbocycles. The van der Waals surface area contributed by atoms with Crippen LogP contribution >= 0.6 is 0 Å². The second-order valence-corrected chi connectivity index (χ2v) is 6.17. The summed E-state index contributed by atoms with van der Waals surface area (Å²) in [5.41, 5.74) is 0.830. The Morgan fingerprint density at radius 2 is 1.89 bits per heavy atom. The summed E-state index contributed by atoms with van der Waals surface area (Å²) in [4.78, 5) is 12.7. The lowest BCUT2D eigenvalue weighted by atomic mass is 10.2. The molecule has 0 atom stereocenters. The van der Waals surface area contributed by atoms with Crippen LogP contribution in [0.4, 0.5) is 5.69 Å². The monoisotopic (exact) mass is 284 g/mol. The van der Waals surface area contributed by atoms with Crippen molar-refractivity contribution >= 4 is 21.7 Å². The van der Waals surface area contributed by atoms with E-state index < -0.39 is 16.0 Å². The zero-order chi connectivity index (χ0) is 14.0. The van der Waals surface area contributed by atoms with E-state index in [1.165, 1.54) is 12.1 Å². The van der Waals surface area contributed by atoms with Crippen molar-refractivity contribution in [1.29, 1.82) is 0 Å². The normalized spacial score (nSPS) is 15.2. The standard InChI is InChI=1S/C12H16N2O4S/c13-19(17,18)11-5-3-10(4-6-11)14(9-1-2-9)8-7-12(15)16/h3-6,9H,1-2,7-8H2,(H,15,16)(H2,13,17,18). The summed E-state index contributed by atoms with van der Waals surface area (Å²) in [7, 11) is -3.69. The zero-order valence-electron chi connectivity index (χ0n) is 10.3. The number of nitrogens with two attached hydrogens (primary N) is 1. The van der Waals surface area contributed by atoms with Crippen molar-refractivity contribution in [3.05, 3.63) is 24.3 Å². The molecule has 1 fully saturated rings. The highest BCUT2D eigenvalue weighted by molar-refractivity contribution is 7.89. The van der Waals surface area contributed by atoms with Crippen LogP contribution in [0.25, 0.3) is 0 Å². The third-order valence-corrected chi connectivity index (χ3v) is 3.98. The smallest absolute Gasteiger partial charge is 0.305 e. The molecule has 0 aromatic heterocycles. The molecule has 1 aliphatic rings. The van der Waals surface area contributed by atoms with E-state index in [9.17, 15) is 13.2 Å². The largest absolute Gasteiger partial charge is 0.481 e. The lowest BCUT2D eigenvalue weighted by Crippen LogP contribution is -2.28. The van der Waals surface area contributed by atoms with E-state index in [1.54, 1.807) is 12.1 Å². The Balaban J connectivity index is 2.16. The molecule has 0 unspecified atom stereocenters. The van der Waals surface area contributed by atoms with Crippen LogP contribution in [0.1, 0.15) is 19.3 Å². The van der Waals surface area contributed by atoms with Crippen molar-refractivity contribution in [2.45, 2.75) is 30.2 Å². The van der Waals surface area contributed by atoms with Gasteiger partial charge in [0, 0.05) is 18.3 Å². The maximum absolute atomic E-state index is 11.2. The minimum atomic E-state index is -3.69. The van der Waals surface area contributed by atoms with E-state index in [0.29, 0.717) is 12.6 Å². The summed E-state index contributed by atoms with van der Waals surface area (Å²) in [6.07, 6.45) is 2.14. The predicted molar refractivity (Wildman–Crippen MR) is 70.4 cm³/mol. The lowest BCUT2D eigenvalue weighted by molar-refractivity contribution is -0.136. The van der Waals surface area contributed by atoms with E-state index in [4.69, 9.17) is 10.2 Å². The first-order chi connectivity index (χ1) is 8.88.